The van der Waals surface area contributed by atoms with E-state index in [0.717, 1.165) is 25.7 Å². The van der Waals surface area contributed by atoms with Crippen LogP contribution in [0.5, 0.6) is 0 Å². The van der Waals surface area contributed by atoms with Crippen LogP contribution in [-0.4, -0.2) is 23.8 Å². The Balaban J connectivity index is 1.94. The summed E-state index contributed by atoms with van der Waals surface area (Å²) in [5.41, 5.74) is 0. The van der Waals surface area contributed by atoms with E-state index in [2.05, 4.69) is 6.92 Å². The Bertz CT molecular complexity index is 199. The van der Waals surface area contributed by atoms with E-state index in [1.807, 2.05) is 0 Å². The zero-order chi connectivity index (χ0) is 11.8. The van der Waals surface area contributed by atoms with E-state index in [-0.39, 0.29) is 5.92 Å². The van der Waals surface area contributed by atoms with E-state index in [1.165, 1.54) is 25.7 Å². The molecule has 3 nitrogen and oxygen atoms in total. The van der Waals surface area contributed by atoms with Crippen molar-refractivity contribution in [3.05, 3.63) is 0 Å². The van der Waals surface area contributed by atoms with Gasteiger partial charge in [-0.25, -0.2) is 4.79 Å². The SMILES string of the molecule is CCCCCCCCOC(C(=O)O)C1CC1. The fourth-order valence-electron chi connectivity index (χ4n) is 1.90. The average Bonchev–Trinajstić information content (AvgIpc) is 3.05. The van der Waals surface area contributed by atoms with Crippen molar-refractivity contribution in [1.29, 1.82) is 0 Å². The molecule has 0 aromatic rings. The van der Waals surface area contributed by atoms with Crippen LogP contribution in [0, 0.1) is 5.92 Å². The lowest BCUT2D eigenvalue weighted by atomic mass is 10.1. The molecule has 0 heterocycles. The van der Waals surface area contributed by atoms with E-state index >= 15 is 0 Å². The molecule has 1 atom stereocenters. The third kappa shape index (κ3) is 5.50. The highest BCUT2D eigenvalue weighted by molar-refractivity contribution is 5.73. The Morgan fingerprint density at radius 2 is 1.88 bits per heavy atom. The minimum absolute atomic E-state index is 0.289. The van der Waals surface area contributed by atoms with E-state index < -0.39 is 12.1 Å². The number of aliphatic carboxylic acids is 1. The fraction of sp³-hybridized carbons (Fsp3) is 0.923. The number of ether oxygens (including phenoxy) is 1. The number of hydrogen-bond donors (Lipinski definition) is 1. The van der Waals surface area contributed by atoms with Gasteiger partial charge in [-0.1, -0.05) is 39.0 Å². The molecule has 1 aliphatic carbocycles. The average molecular weight is 228 g/mol. The van der Waals surface area contributed by atoms with Crippen molar-refractivity contribution in [1.82, 2.24) is 0 Å². The Hall–Kier alpha value is -0.570. The van der Waals surface area contributed by atoms with Crippen molar-refractivity contribution in [3.8, 4) is 0 Å². The van der Waals surface area contributed by atoms with Crippen molar-refractivity contribution in [3.63, 3.8) is 0 Å². The smallest absolute Gasteiger partial charge is 0.333 e. The molecule has 0 amide bonds. The monoisotopic (exact) mass is 228 g/mol. The van der Waals surface area contributed by atoms with Crippen molar-refractivity contribution in [2.45, 2.75) is 64.4 Å². The molecule has 16 heavy (non-hydrogen) atoms. The minimum Gasteiger partial charge on any atom is -0.479 e. The second kappa shape index (κ2) is 7.66. The Labute approximate surface area is 98.2 Å². The van der Waals surface area contributed by atoms with Crippen molar-refractivity contribution in [2.75, 3.05) is 6.61 Å². The van der Waals surface area contributed by atoms with E-state index in [0.29, 0.717) is 6.61 Å². The van der Waals surface area contributed by atoms with E-state index in [1.54, 1.807) is 0 Å². The third-order valence-electron chi connectivity index (χ3n) is 3.09. The lowest BCUT2D eigenvalue weighted by Crippen LogP contribution is -2.26. The molecule has 0 aromatic heterocycles. The van der Waals surface area contributed by atoms with Crippen LogP contribution in [0.15, 0.2) is 0 Å². The summed E-state index contributed by atoms with van der Waals surface area (Å²) in [6.45, 7) is 2.82. The van der Waals surface area contributed by atoms with Gasteiger partial charge in [-0.2, -0.15) is 0 Å². The Kier molecular flexibility index (Phi) is 6.46. The summed E-state index contributed by atoms with van der Waals surface area (Å²) in [7, 11) is 0. The largest absolute Gasteiger partial charge is 0.479 e. The van der Waals surface area contributed by atoms with Gasteiger partial charge < -0.3 is 9.84 Å². The molecular formula is C13H24O3. The van der Waals surface area contributed by atoms with Crippen LogP contribution in [0.25, 0.3) is 0 Å². The molecule has 0 aromatic carbocycles. The van der Waals surface area contributed by atoms with Gasteiger partial charge in [0.2, 0.25) is 0 Å². The van der Waals surface area contributed by atoms with Crippen molar-refractivity contribution in [2.24, 2.45) is 5.92 Å². The van der Waals surface area contributed by atoms with Gasteiger partial charge in [0.1, 0.15) is 0 Å². The molecule has 0 spiro atoms. The first-order chi connectivity index (χ1) is 7.75. The first kappa shape index (κ1) is 13.5. The summed E-state index contributed by atoms with van der Waals surface area (Å²) in [6.07, 6.45) is 8.79. The predicted molar refractivity (Wildman–Crippen MR) is 63.5 cm³/mol. The third-order valence-corrected chi connectivity index (χ3v) is 3.09. The Morgan fingerprint density at radius 1 is 1.25 bits per heavy atom. The number of unbranched alkanes of at least 4 members (excludes halogenated alkanes) is 5. The summed E-state index contributed by atoms with van der Waals surface area (Å²) >= 11 is 0. The number of rotatable bonds is 10. The van der Waals surface area contributed by atoms with Gasteiger partial charge in [0.15, 0.2) is 6.10 Å². The number of carboxylic acids is 1. The standard InChI is InChI=1S/C13H24O3/c1-2-3-4-5-6-7-10-16-12(13(14)15)11-8-9-11/h11-12H,2-10H2,1H3,(H,14,15). The van der Waals surface area contributed by atoms with Crippen LogP contribution in [0.1, 0.15) is 58.3 Å². The maximum atomic E-state index is 10.9. The lowest BCUT2D eigenvalue weighted by Gasteiger charge is -2.12. The highest BCUT2D eigenvalue weighted by Crippen LogP contribution is 2.34. The molecule has 1 aliphatic rings. The Morgan fingerprint density at radius 3 is 2.44 bits per heavy atom. The first-order valence-corrected chi connectivity index (χ1v) is 6.60. The minimum atomic E-state index is -0.784. The maximum Gasteiger partial charge on any atom is 0.333 e. The molecule has 1 saturated carbocycles. The van der Waals surface area contributed by atoms with Crippen LogP contribution in [0.3, 0.4) is 0 Å². The molecule has 0 radical (unpaired) electrons. The normalized spacial score (nSPS) is 17.3. The predicted octanol–water partition coefficient (Wildman–Crippen LogP) is 3.23. The van der Waals surface area contributed by atoms with Gasteiger partial charge in [-0.15, -0.1) is 0 Å². The molecule has 0 bridgehead atoms. The molecule has 94 valence electrons. The fourth-order valence-corrected chi connectivity index (χ4v) is 1.90. The topological polar surface area (TPSA) is 46.5 Å². The van der Waals surface area contributed by atoms with Crippen molar-refractivity contribution >= 4 is 5.97 Å². The highest BCUT2D eigenvalue weighted by Gasteiger charge is 2.36. The molecule has 1 unspecified atom stereocenters. The number of carbonyl (C=O) groups is 1. The van der Waals surface area contributed by atoms with Crippen LogP contribution in [0.2, 0.25) is 0 Å². The molecule has 0 aliphatic heterocycles. The lowest BCUT2D eigenvalue weighted by molar-refractivity contribution is -0.151. The molecule has 3 heteroatoms. The van der Waals surface area contributed by atoms with Crippen LogP contribution in [0.4, 0.5) is 0 Å². The first-order valence-electron chi connectivity index (χ1n) is 6.60. The molecule has 1 N–H and O–H groups in total. The van der Waals surface area contributed by atoms with Gasteiger partial charge in [0, 0.05) is 6.61 Å². The summed E-state index contributed by atoms with van der Waals surface area (Å²) in [5, 5.41) is 8.93. The van der Waals surface area contributed by atoms with Crippen LogP contribution < -0.4 is 0 Å². The quantitative estimate of drug-likeness (QED) is 0.584. The molecule has 1 rings (SSSR count). The van der Waals surface area contributed by atoms with Crippen LogP contribution >= 0.6 is 0 Å². The summed E-state index contributed by atoms with van der Waals surface area (Å²) in [6, 6.07) is 0. The zero-order valence-corrected chi connectivity index (χ0v) is 10.3. The van der Waals surface area contributed by atoms with Gasteiger partial charge in [-0.05, 0) is 25.2 Å². The summed E-state index contributed by atoms with van der Waals surface area (Å²) in [5.74, 6) is -0.494. The summed E-state index contributed by atoms with van der Waals surface area (Å²) in [4.78, 5) is 10.9. The molecular weight excluding hydrogens is 204 g/mol. The summed E-state index contributed by atoms with van der Waals surface area (Å²) < 4.78 is 5.43. The van der Waals surface area contributed by atoms with Gasteiger partial charge in [0.25, 0.3) is 0 Å². The van der Waals surface area contributed by atoms with Gasteiger partial charge >= 0.3 is 5.97 Å². The van der Waals surface area contributed by atoms with Crippen molar-refractivity contribution < 1.29 is 14.6 Å². The number of hydrogen-bond acceptors (Lipinski definition) is 2. The van der Waals surface area contributed by atoms with Gasteiger partial charge in [0.05, 0.1) is 0 Å². The zero-order valence-electron chi connectivity index (χ0n) is 10.3. The van der Waals surface area contributed by atoms with Crippen LogP contribution in [-0.2, 0) is 9.53 Å². The molecule has 0 saturated heterocycles. The second-order valence-corrected chi connectivity index (χ2v) is 4.73. The van der Waals surface area contributed by atoms with Gasteiger partial charge in [-0.3, -0.25) is 0 Å². The maximum absolute atomic E-state index is 10.9. The number of carboxylic acid groups (broad SMARTS) is 1. The van der Waals surface area contributed by atoms with E-state index in [9.17, 15) is 4.79 Å². The molecule has 1 fully saturated rings. The van der Waals surface area contributed by atoms with E-state index in [4.69, 9.17) is 9.84 Å². The highest BCUT2D eigenvalue weighted by atomic mass is 16.5. The second-order valence-electron chi connectivity index (χ2n) is 4.73.